The molecule has 0 saturated heterocycles. The Bertz CT molecular complexity index is 1360. The van der Waals surface area contributed by atoms with Gasteiger partial charge in [0.2, 0.25) is 5.82 Å². The fourth-order valence-electron chi connectivity index (χ4n) is 3.49. The maximum Gasteiger partial charge on any atom is 0.311 e. The van der Waals surface area contributed by atoms with Crippen molar-refractivity contribution in [3.63, 3.8) is 0 Å². The SMILES string of the molecule is Nc1nc(NCCNc2ccc(C3C=CC=NC3=O)c(-c3ccc(Cl)cc3Cl)n2)ccc1[N+](=O)[O-]. The zero-order valence-corrected chi connectivity index (χ0v) is 19.6. The number of nitro groups is 1. The second kappa shape index (κ2) is 10.5. The minimum atomic E-state index is -0.587. The number of benzene rings is 1. The van der Waals surface area contributed by atoms with Crippen molar-refractivity contribution in [1.82, 2.24) is 9.97 Å². The molecule has 0 bridgehead atoms. The highest BCUT2D eigenvalue weighted by Gasteiger charge is 2.24. The molecule has 178 valence electrons. The quantitative estimate of drug-likeness (QED) is 0.223. The molecule has 0 fully saturated rings. The lowest BCUT2D eigenvalue weighted by atomic mass is 9.92. The number of hydrogen-bond donors (Lipinski definition) is 3. The molecule has 0 saturated carbocycles. The van der Waals surface area contributed by atoms with Crippen LogP contribution in [0.25, 0.3) is 11.3 Å². The van der Waals surface area contributed by atoms with Crippen LogP contribution in [0.2, 0.25) is 10.0 Å². The summed E-state index contributed by atoms with van der Waals surface area (Å²) in [7, 11) is 0. The normalized spacial score (nSPS) is 14.7. The second-order valence-corrected chi connectivity index (χ2v) is 8.29. The highest BCUT2D eigenvalue weighted by molar-refractivity contribution is 6.36. The van der Waals surface area contributed by atoms with E-state index in [4.69, 9.17) is 33.9 Å². The molecule has 0 spiro atoms. The van der Waals surface area contributed by atoms with Gasteiger partial charge in [0.05, 0.1) is 21.6 Å². The van der Waals surface area contributed by atoms with Crippen LogP contribution in [0, 0.1) is 10.1 Å². The Morgan fingerprint density at radius 2 is 1.74 bits per heavy atom. The first-order valence-corrected chi connectivity index (χ1v) is 11.2. The summed E-state index contributed by atoms with van der Waals surface area (Å²) in [5, 5.41) is 18.0. The van der Waals surface area contributed by atoms with Gasteiger partial charge in [0.25, 0.3) is 5.91 Å². The van der Waals surface area contributed by atoms with Crippen LogP contribution in [0.5, 0.6) is 0 Å². The van der Waals surface area contributed by atoms with Crippen molar-refractivity contribution >= 4 is 58.5 Å². The van der Waals surface area contributed by atoms with E-state index in [0.29, 0.717) is 51.6 Å². The fraction of sp³-hybridized carbons (Fsp3) is 0.130. The molecular formula is C23H19Cl2N7O3. The van der Waals surface area contributed by atoms with E-state index in [0.717, 1.165) is 0 Å². The van der Waals surface area contributed by atoms with Crippen LogP contribution in [-0.2, 0) is 4.79 Å². The van der Waals surface area contributed by atoms with Crippen molar-refractivity contribution in [3.8, 4) is 11.3 Å². The number of carbonyl (C=O) groups excluding carboxylic acids is 1. The zero-order valence-electron chi connectivity index (χ0n) is 18.1. The number of nitrogens with zero attached hydrogens (tertiary/aromatic N) is 4. The average Bonchev–Trinajstić information content (AvgIpc) is 2.82. The molecule has 1 aromatic carbocycles. The number of rotatable bonds is 8. The Morgan fingerprint density at radius 1 is 1.03 bits per heavy atom. The summed E-state index contributed by atoms with van der Waals surface area (Å²) in [6.45, 7) is 0.883. The number of carbonyl (C=O) groups is 1. The van der Waals surface area contributed by atoms with E-state index in [9.17, 15) is 14.9 Å². The number of anilines is 3. The predicted octanol–water partition coefficient (Wildman–Crippen LogP) is 4.72. The number of allylic oxidation sites excluding steroid dienone is 1. The minimum absolute atomic E-state index is 0.162. The van der Waals surface area contributed by atoms with Crippen LogP contribution in [-0.4, -0.2) is 40.1 Å². The molecular weight excluding hydrogens is 493 g/mol. The molecule has 1 atom stereocenters. The van der Waals surface area contributed by atoms with Crippen molar-refractivity contribution in [2.45, 2.75) is 5.92 Å². The highest BCUT2D eigenvalue weighted by Crippen LogP contribution is 2.36. The Labute approximate surface area is 210 Å². The predicted molar refractivity (Wildman–Crippen MR) is 137 cm³/mol. The number of nitrogens with two attached hydrogens (primary N) is 1. The van der Waals surface area contributed by atoms with Crippen molar-refractivity contribution in [2.24, 2.45) is 4.99 Å². The third kappa shape index (κ3) is 5.56. The van der Waals surface area contributed by atoms with Crippen LogP contribution in [0.3, 0.4) is 0 Å². The highest BCUT2D eigenvalue weighted by atomic mass is 35.5. The van der Waals surface area contributed by atoms with Crippen molar-refractivity contribution in [1.29, 1.82) is 0 Å². The zero-order chi connectivity index (χ0) is 24.9. The number of dihydropyridines is 1. The maximum absolute atomic E-state index is 12.4. The molecule has 0 radical (unpaired) electrons. The van der Waals surface area contributed by atoms with Crippen LogP contribution in [0.15, 0.2) is 59.6 Å². The first kappa shape index (κ1) is 24.1. The van der Waals surface area contributed by atoms with Gasteiger partial charge in [-0.3, -0.25) is 14.9 Å². The lowest BCUT2D eigenvalue weighted by Gasteiger charge is -2.18. The van der Waals surface area contributed by atoms with E-state index < -0.39 is 10.8 Å². The van der Waals surface area contributed by atoms with Gasteiger partial charge in [0.15, 0.2) is 0 Å². The van der Waals surface area contributed by atoms with Gasteiger partial charge in [-0.25, -0.2) is 15.0 Å². The summed E-state index contributed by atoms with van der Waals surface area (Å²) >= 11 is 12.5. The van der Waals surface area contributed by atoms with Gasteiger partial charge < -0.3 is 16.4 Å². The number of aromatic nitrogens is 2. The Morgan fingerprint density at radius 3 is 2.40 bits per heavy atom. The lowest BCUT2D eigenvalue weighted by Crippen LogP contribution is -2.17. The van der Waals surface area contributed by atoms with E-state index >= 15 is 0 Å². The molecule has 1 amide bonds. The van der Waals surface area contributed by atoms with E-state index in [1.54, 1.807) is 36.4 Å². The third-order valence-corrected chi connectivity index (χ3v) is 5.69. The van der Waals surface area contributed by atoms with Gasteiger partial charge in [0, 0.05) is 36.0 Å². The second-order valence-electron chi connectivity index (χ2n) is 7.45. The van der Waals surface area contributed by atoms with Crippen LogP contribution in [0.1, 0.15) is 11.5 Å². The molecule has 2 aromatic heterocycles. The number of hydrogen-bond acceptors (Lipinski definition) is 8. The Hall–Kier alpha value is -4.02. The number of pyridine rings is 2. The van der Waals surface area contributed by atoms with E-state index in [1.807, 2.05) is 6.07 Å². The largest absolute Gasteiger partial charge is 0.378 e. The van der Waals surface area contributed by atoms with Gasteiger partial charge in [-0.2, -0.15) is 0 Å². The lowest BCUT2D eigenvalue weighted by molar-refractivity contribution is -0.384. The van der Waals surface area contributed by atoms with E-state index in [-0.39, 0.29) is 17.4 Å². The molecule has 10 nitrogen and oxygen atoms in total. The topological polar surface area (TPSA) is 148 Å². The Kier molecular flexibility index (Phi) is 7.23. The summed E-state index contributed by atoms with van der Waals surface area (Å²) in [6.07, 6.45) is 4.94. The van der Waals surface area contributed by atoms with Gasteiger partial charge in [0.1, 0.15) is 11.6 Å². The molecule has 3 heterocycles. The Balaban J connectivity index is 1.52. The van der Waals surface area contributed by atoms with Crippen molar-refractivity contribution in [2.75, 3.05) is 29.5 Å². The molecule has 12 heteroatoms. The standard InChI is InChI=1S/C23H19Cl2N7O3/c24-13-3-4-16(17(25)12-13)21-14(15-2-1-9-29-23(15)33)5-7-19(30-21)27-10-11-28-20-8-6-18(32(34)35)22(26)31-20/h1-9,12,15H,10-11H2,(H,27,30)(H3,26,28,31). The summed E-state index contributed by atoms with van der Waals surface area (Å²) in [4.78, 5) is 35.3. The maximum atomic E-state index is 12.4. The average molecular weight is 512 g/mol. The van der Waals surface area contributed by atoms with Crippen LogP contribution >= 0.6 is 23.2 Å². The summed E-state index contributed by atoms with van der Waals surface area (Å²) in [6, 6.07) is 11.4. The molecule has 0 aliphatic carbocycles. The van der Waals surface area contributed by atoms with Gasteiger partial charge >= 0.3 is 5.69 Å². The van der Waals surface area contributed by atoms with Crippen molar-refractivity contribution < 1.29 is 9.72 Å². The monoisotopic (exact) mass is 511 g/mol. The smallest absolute Gasteiger partial charge is 0.311 e. The molecule has 35 heavy (non-hydrogen) atoms. The van der Waals surface area contributed by atoms with Gasteiger partial charge in [-0.15, -0.1) is 0 Å². The third-order valence-electron chi connectivity index (χ3n) is 5.14. The number of aliphatic imine (C=N–C) groups is 1. The number of nitrogens with one attached hydrogen (secondary N) is 2. The summed E-state index contributed by atoms with van der Waals surface area (Å²) < 4.78 is 0. The van der Waals surface area contributed by atoms with Crippen LogP contribution in [0.4, 0.5) is 23.1 Å². The molecule has 3 aromatic rings. The first-order valence-electron chi connectivity index (χ1n) is 10.4. The molecule has 1 aliphatic rings. The fourth-order valence-corrected chi connectivity index (χ4v) is 3.99. The number of amides is 1. The van der Waals surface area contributed by atoms with Gasteiger partial charge in [-0.1, -0.05) is 35.3 Å². The first-order chi connectivity index (χ1) is 16.8. The summed E-state index contributed by atoms with van der Waals surface area (Å²) in [5.41, 5.74) is 7.21. The molecule has 4 rings (SSSR count). The number of halogens is 2. The van der Waals surface area contributed by atoms with Crippen molar-refractivity contribution in [3.05, 3.63) is 80.3 Å². The molecule has 4 N–H and O–H groups in total. The number of nitrogen functional groups attached to an aromatic ring is 1. The van der Waals surface area contributed by atoms with Crippen LogP contribution < -0.4 is 16.4 Å². The van der Waals surface area contributed by atoms with Gasteiger partial charge in [-0.05, 0) is 42.0 Å². The molecule has 1 aliphatic heterocycles. The van der Waals surface area contributed by atoms with E-state index in [1.165, 1.54) is 18.3 Å². The van der Waals surface area contributed by atoms with E-state index in [2.05, 4.69) is 20.6 Å². The molecule has 1 unspecified atom stereocenters. The minimum Gasteiger partial charge on any atom is -0.378 e. The summed E-state index contributed by atoms with van der Waals surface area (Å²) in [5.74, 6) is -0.0622.